The molecule has 0 saturated carbocycles. The lowest BCUT2D eigenvalue weighted by atomic mass is 9.98. The lowest BCUT2D eigenvalue weighted by molar-refractivity contribution is -0.123. The third-order valence-corrected chi connectivity index (χ3v) is 3.88. The van der Waals surface area contributed by atoms with E-state index in [1.807, 2.05) is 60.7 Å². The molecular weight excluding hydrogens is 328 g/mol. The number of amides is 1. The molecule has 1 heterocycles. The van der Waals surface area contributed by atoms with Gasteiger partial charge < -0.3 is 14.8 Å². The highest BCUT2D eigenvalue weighted by Gasteiger charge is 2.17. The van der Waals surface area contributed by atoms with E-state index in [2.05, 4.69) is 10.3 Å². The smallest absolute Gasteiger partial charge is 0.258 e. The Labute approximate surface area is 152 Å². The van der Waals surface area contributed by atoms with Crippen molar-refractivity contribution >= 4 is 5.91 Å². The summed E-state index contributed by atoms with van der Waals surface area (Å²) in [5.74, 6) is 0.967. The monoisotopic (exact) mass is 348 g/mol. The van der Waals surface area contributed by atoms with Crippen molar-refractivity contribution in [2.45, 2.75) is 6.04 Å². The van der Waals surface area contributed by atoms with Gasteiger partial charge in [-0.05, 0) is 29.3 Å². The third kappa shape index (κ3) is 4.60. The maximum Gasteiger partial charge on any atom is 0.258 e. The van der Waals surface area contributed by atoms with Gasteiger partial charge in [0.05, 0.1) is 13.2 Å². The molecule has 1 aromatic heterocycles. The van der Waals surface area contributed by atoms with Crippen LogP contribution in [0.4, 0.5) is 0 Å². The molecule has 0 aliphatic carbocycles. The van der Waals surface area contributed by atoms with E-state index in [0.29, 0.717) is 5.88 Å². The zero-order valence-corrected chi connectivity index (χ0v) is 14.5. The minimum Gasteiger partial charge on any atom is -0.497 e. The van der Waals surface area contributed by atoms with E-state index in [1.165, 1.54) is 0 Å². The summed E-state index contributed by atoms with van der Waals surface area (Å²) in [6, 6.07) is 22.5. The number of benzene rings is 2. The maximum absolute atomic E-state index is 12.4. The van der Waals surface area contributed by atoms with Crippen molar-refractivity contribution in [1.29, 1.82) is 0 Å². The van der Waals surface area contributed by atoms with Crippen LogP contribution in [-0.2, 0) is 4.79 Å². The summed E-state index contributed by atoms with van der Waals surface area (Å²) in [6.07, 6.45) is 1.62. The summed E-state index contributed by atoms with van der Waals surface area (Å²) in [5.41, 5.74) is 1.95. The van der Waals surface area contributed by atoms with Gasteiger partial charge in [-0.2, -0.15) is 0 Å². The number of nitrogens with one attached hydrogen (secondary N) is 1. The molecule has 1 amide bonds. The molecule has 0 unspecified atom stereocenters. The zero-order chi connectivity index (χ0) is 18.2. The van der Waals surface area contributed by atoms with Gasteiger partial charge >= 0.3 is 0 Å². The van der Waals surface area contributed by atoms with Gasteiger partial charge in [0.15, 0.2) is 6.61 Å². The first kappa shape index (κ1) is 17.5. The molecule has 26 heavy (non-hydrogen) atoms. The van der Waals surface area contributed by atoms with Crippen molar-refractivity contribution in [2.24, 2.45) is 0 Å². The maximum atomic E-state index is 12.4. The summed E-state index contributed by atoms with van der Waals surface area (Å²) >= 11 is 0. The number of carbonyl (C=O) groups excluding carboxylic acids is 1. The molecule has 0 spiro atoms. The molecule has 0 radical (unpaired) electrons. The van der Waals surface area contributed by atoms with Crippen LogP contribution in [0, 0.1) is 0 Å². The number of nitrogens with zero attached hydrogens (tertiary/aromatic N) is 1. The lowest BCUT2D eigenvalue weighted by Crippen LogP contribution is -2.33. The highest BCUT2D eigenvalue weighted by Crippen LogP contribution is 2.24. The molecule has 5 nitrogen and oxygen atoms in total. The SMILES string of the molecule is COc1ccc([C@H](NC(=O)COc2ccccn2)c2ccccc2)cc1. The van der Waals surface area contributed by atoms with E-state index >= 15 is 0 Å². The minimum atomic E-state index is -0.276. The predicted molar refractivity (Wildman–Crippen MR) is 99.2 cm³/mol. The van der Waals surface area contributed by atoms with Crippen molar-refractivity contribution in [1.82, 2.24) is 10.3 Å². The number of methoxy groups -OCH3 is 1. The Morgan fingerprint density at radius 2 is 1.65 bits per heavy atom. The summed E-state index contributed by atoms with van der Waals surface area (Å²) < 4.78 is 10.6. The average Bonchev–Trinajstić information content (AvgIpc) is 2.72. The first-order valence-corrected chi connectivity index (χ1v) is 8.28. The first-order chi connectivity index (χ1) is 12.8. The first-order valence-electron chi connectivity index (χ1n) is 8.28. The molecular formula is C21H20N2O3. The lowest BCUT2D eigenvalue weighted by Gasteiger charge is -2.20. The Bertz CT molecular complexity index is 821. The number of pyridine rings is 1. The van der Waals surface area contributed by atoms with E-state index in [-0.39, 0.29) is 18.6 Å². The van der Waals surface area contributed by atoms with Crippen LogP contribution in [0.25, 0.3) is 0 Å². The molecule has 132 valence electrons. The van der Waals surface area contributed by atoms with Crippen molar-refractivity contribution in [3.63, 3.8) is 0 Å². The minimum absolute atomic E-state index is 0.101. The fourth-order valence-corrected chi connectivity index (χ4v) is 2.58. The van der Waals surface area contributed by atoms with Gasteiger partial charge in [0.2, 0.25) is 5.88 Å². The standard InChI is InChI=1S/C21H20N2O3/c1-25-18-12-10-17(11-13-18)21(16-7-3-2-4-8-16)23-19(24)15-26-20-9-5-6-14-22-20/h2-14,21H,15H2,1H3,(H,23,24)/t21-/m1/s1. The largest absolute Gasteiger partial charge is 0.497 e. The Kier molecular flexibility index (Phi) is 5.83. The molecule has 1 atom stereocenters. The molecule has 1 N–H and O–H groups in total. The van der Waals surface area contributed by atoms with E-state index in [4.69, 9.17) is 9.47 Å². The van der Waals surface area contributed by atoms with Crippen LogP contribution in [0.15, 0.2) is 79.0 Å². The van der Waals surface area contributed by atoms with Crippen LogP contribution in [0.3, 0.4) is 0 Å². The third-order valence-electron chi connectivity index (χ3n) is 3.88. The summed E-state index contributed by atoms with van der Waals surface area (Å²) in [4.78, 5) is 16.5. The van der Waals surface area contributed by atoms with Crippen molar-refractivity contribution in [3.8, 4) is 11.6 Å². The van der Waals surface area contributed by atoms with Crippen molar-refractivity contribution < 1.29 is 14.3 Å². The van der Waals surface area contributed by atoms with Crippen LogP contribution in [0.2, 0.25) is 0 Å². The Morgan fingerprint density at radius 1 is 0.962 bits per heavy atom. The fourth-order valence-electron chi connectivity index (χ4n) is 2.58. The van der Waals surface area contributed by atoms with E-state index in [9.17, 15) is 4.79 Å². The van der Waals surface area contributed by atoms with E-state index < -0.39 is 0 Å². The topological polar surface area (TPSA) is 60.5 Å². The van der Waals surface area contributed by atoms with Crippen molar-refractivity contribution in [2.75, 3.05) is 13.7 Å². The van der Waals surface area contributed by atoms with E-state index in [1.54, 1.807) is 25.4 Å². The molecule has 5 heteroatoms. The van der Waals surface area contributed by atoms with Crippen LogP contribution in [0.5, 0.6) is 11.6 Å². The second-order valence-electron chi connectivity index (χ2n) is 5.64. The molecule has 0 fully saturated rings. The summed E-state index contributed by atoms with van der Waals surface area (Å²) in [5, 5.41) is 3.02. The van der Waals surface area contributed by atoms with Crippen LogP contribution in [-0.4, -0.2) is 24.6 Å². The van der Waals surface area contributed by atoms with Crippen LogP contribution >= 0.6 is 0 Å². The van der Waals surface area contributed by atoms with Gasteiger partial charge in [0.25, 0.3) is 5.91 Å². The van der Waals surface area contributed by atoms with Crippen LogP contribution < -0.4 is 14.8 Å². The number of aromatic nitrogens is 1. The molecule has 3 aromatic rings. The Morgan fingerprint density at radius 3 is 2.31 bits per heavy atom. The van der Waals surface area contributed by atoms with Gasteiger partial charge in [0, 0.05) is 12.3 Å². The quantitative estimate of drug-likeness (QED) is 0.711. The van der Waals surface area contributed by atoms with Gasteiger partial charge in [-0.25, -0.2) is 4.98 Å². The number of rotatable bonds is 7. The Hall–Kier alpha value is -3.34. The van der Waals surface area contributed by atoms with E-state index in [0.717, 1.165) is 16.9 Å². The highest BCUT2D eigenvalue weighted by molar-refractivity contribution is 5.78. The van der Waals surface area contributed by atoms with Gasteiger partial charge in [-0.3, -0.25) is 4.79 Å². The number of hydrogen-bond donors (Lipinski definition) is 1. The van der Waals surface area contributed by atoms with Crippen LogP contribution in [0.1, 0.15) is 17.2 Å². The van der Waals surface area contributed by atoms with Crippen molar-refractivity contribution in [3.05, 3.63) is 90.1 Å². The van der Waals surface area contributed by atoms with Gasteiger partial charge in [0.1, 0.15) is 5.75 Å². The summed E-state index contributed by atoms with van der Waals surface area (Å²) in [6.45, 7) is -0.101. The fraction of sp³-hybridized carbons (Fsp3) is 0.143. The number of hydrogen-bond acceptors (Lipinski definition) is 4. The van der Waals surface area contributed by atoms with Gasteiger partial charge in [-0.1, -0.05) is 48.5 Å². The second kappa shape index (κ2) is 8.67. The Balaban J connectivity index is 1.74. The molecule has 0 saturated heterocycles. The predicted octanol–water partition coefficient (Wildman–Crippen LogP) is 3.37. The average molecular weight is 348 g/mol. The molecule has 0 bridgehead atoms. The molecule has 0 aliphatic rings. The second-order valence-corrected chi connectivity index (χ2v) is 5.64. The normalized spacial score (nSPS) is 11.4. The molecule has 3 rings (SSSR count). The number of carbonyl (C=O) groups is 1. The summed E-state index contributed by atoms with van der Waals surface area (Å²) in [7, 11) is 1.63. The highest BCUT2D eigenvalue weighted by atomic mass is 16.5. The number of ether oxygens (including phenoxy) is 2. The van der Waals surface area contributed by atoms with Gasteiger partial charge in [-0.15, -0.1) is 0 Å². The molecule has 2 aromatic carbocycles. The zero-order valence-electron chi connectivity index (χ0n) is 14.5. The molecule has 0 aliphatic heterocycles.